The minimum atomic E-state index is 0.0430. The number of amides is 1. The van der Waals surface area contributed by atoms with E-state index in [1.807, 2.05) is 32.2 Å². The summed E-state index contributed by atoms with van der Waals surface area (Å²) in [4.78, 5) is 11.7. The molecule has 0 saturated carbocycles. The van der Waals surface area contributed by atoms with Gasteiger partial charge in [0, 0.05) is 22.8 Å². The number of hydrogen-bond donors (Lipinski definition) is 2. The molecule has 0 radical (unpaired) electrons. The van der Waals surface area contributed by atoms with Crippen molar-refractivity contribution in [2.75, 3.05) is 12.4 Å². The standard InChI is InChI=1S/C13H16N2OS/c1-9(14-2)7-13(16)15-11-3-4-12-10(8-11)5-6-17-12/h3-6,8-9,14H,7H2,1-2H3,(H,15,16). The molecule has 1 amide bonds. The van der Waals surface area contributed by atoms with E-state index in [2.05, 4.69) is 22.1 Å². The van der Waals surface area contributed by atoms with Crippen molar-refractivity contribution in [3.63, 3.8) is 0 Å². The number of nitrogens with one attached hydrogen (secondary N) is 2. The third-order valence-corrected chi connectivity index (χ3v) is 3.62. The van der Waals surface area contributed by atoms with Gasteiger partial charge in [0.15, 0.2) is 0 Å². The highest BCUT2D eigenvalue weighted by molar-refractivity contribution is 7.17. The summed E-state index contributed by atoms with van der Waals surface area (Å²) in [5.41, 5.74) is 0.865. The number of carbonyl (C=O) groups excluding carboxylic acids is 1. The topological polar surface area (TPSA) is 41.1 Å². The molecule has 1 aromatic heterocycles. The summed E-state index contributed by atoms with van der Waals surface area (Å²) >= 11 is 1.71. The predicted molar refractivity (Wildman–Crippen MR) is 73.6 cm³/mol. The van der Waals surface area contributed by atoms with Crippen molar-refractivity contribution in [2.45, 2.75) is 19.4 Å². The number of fused-ring (bicyclic) bond motifs is 1. The number of carbonyl (C=O) groups is 1. The van der Waals surface area contributed by atoms with E-state index < -0.39 is 0 Å². The van der Waals surface area contributed by atoms with Crippen LogP contribution in [0.2, 0.25) is 0 Å². The van der Waals surface area contributed by atoms with Gasteiger partial charge in [-0.1, -0.05) is 0 Å². The number of benzene rings is 1. The van der Waals surface area contributed by atoms with Crippen LogP contribution in [0.4, 0.5) is 5.69 Å². The number of hydrogen-bond acceptors (Lipinski definition) is 3. The molecule has 1 aromatic carbocycles. The lowest BCUT2D eigenvalue weighted by atomic mass is 10.2. The summed E-state index contributed by atoms with van der Waals surface area (Å²) in [6.07, 6.45) is 0.484. The Labute approximate surface area is 105 Å². The molecule has 3 nitrogen and oxygen atoms in total. The van der Waals surface area contributed by atoms with Gasteiger partial charge in [-0.05, 0) is 49.0 Å². The fourth-order valence-corrected chi connectivity index (χ4v) is 2.41. The second-order valence-electron chi connectivity index (χ2n) is 4.12. The van der Waals surface area contributed by atoms with Crippen LogP contribution in [0, 0.1) is 0 Å². The normalized spacial score (nSPS) is 12.6. The molecule has 1 unspecified atom stereocenters. The average Bonchev–Trinajstić information content (AvgIpc) is 2.75. The van der Waals surface area contributed by atoms with Gasteiger partial charge >= 0.3 is 0 Å². The highest BCUT2D eigenvalue weighted by Crippen LogP contribution is 2.24. The number of anilines is 1. The predicted octanol–water partition coefficient (Wildman–Crippen LogP) is 2.84. The molecular weight excluding hydrogens is 232 g/mol. The Balaban J connectivity index is 2.05. The molecule has 90 valence electrons. The Morgan fingerprint density at radius 3 is 3.00 bits per heavy atom. The maximum absolute atomic E-state index is 11.7. The zero-order valence-electron chi connectivity index (χ0n) is 9.99. The quantitative estimate of drug-likeness (QED) is 0.873. The lowest BCUT2D eigenvalue weighted by Crippen LogP contribution is -2.27. The molecule has 17 heavy (non-hydrogen) atoms. The summed E-state index contributed by atoms with van der Waals surface area (Å²) in [5.74, 6) is 0.0430. The summed E-state index contributed by atoms with van der Waals surface area (Å²) in [6, 6.07) is 8.25. The van der Waals surface area contributed by atoms with Crippen LogP contribution in [0.3, 0.4) is 0 Å². The van der Waals surface area contributed by atoms with Crippen molar-refractivity contribution in [2.24, 2.45) is 0 Å². The second-order valence-corrected chi connectivity index (χ2v) is 5.06. The van der Waals surface area contributed by atoms with Crippen molar-refractivity contribution in [3.8, 4) is 0 Å². The lowest BCUT2D eigenvalue weighted by Gasteiger charge is -2.10. The molecule has 0 aliphatic heterocycles. The summed E-state index contributed by atoms with van der Waals surface area (Å²) in [7, 11) is 1.86. The molecule has 2 aromatic rings. The monoisotopic (exact) mass is 248 g/mol. The molecule has 0 fully saturated rings. The minimum Gasteiger partial charge on any atom is -0.326 e. The Bertz CT molecular complexity index is 521. The Morgan fingerprint density at radius 1 is 1.41 bits per heavy atom. The molecule has 0 aliphatic carbocycles. The SMILES string of the molecule is CNC(C)CC(=O)Nc1ccc2sccc2c1. The van der Waals surface area contributed by atoms with Crippen LogP contribution < -0.4 is 10.6 Å². The van der Waals surface area contributed by atoms with E-state index in [4.69, 9.17) is 0 Å². The fourth-order valence-electron chi connectivity index (χ4n) is 1.64. The molecule has 1 heterocycles. The number of rotatable bonds is 4. The van der Waals surface area contributed by atoms with Crippen LogP contribution >= 0.6 is 11.3 Å². The van der Waals surface area contributed by atoms with Gasteiger partial charge in [-0.3, -0.25) is 4.79 Å². The van der Waals surface area contributed by atoms with Crippen LogP contribution in [0.1, 0.15) is 13.3 Å². The summed E-state index contributed by atoms with van der Waals surface area (Å²) in [6.45, 7) is 1.99. The van der Waals surface area contributed by atoms with Gasteiger partial charge in [-0.2, -0.15) is 0 Å². The molecule has 0 aliphatic rings. The first-order valence-corrected chi connectivity index (χ1v) is 6.51. The molecule has 0 saturated heterocycles. The van der Waals surface area contributed by atoms with Crippen molar-refractivity contribution < 1.29 is 4.79 Å². The van der Waals surface area contributed by atoms with Gasteiger partial charge in [0.1, 0.15) is 0 Å². The minimum absolute atomic E-state index is 0.0430. The molecule has 0 spiro atoms. The smallest absolute Gasteiger partial charge is 0.225 e. The van der Waals surface area contributed by atoms with E-state index in [0.717, 1.165) is 5.69 Å². The van der Waals surface area contributed by atoms with Gasteiger partial charge in [-0.25, -0.2) is 0 Å². The van der Waals surface area contributed by atoms with Gasteiger partial charge < -0.3 is 10.6 Å². The van der Waals surface area contributed by atoms with Crippen molar-refractivity contribution in [1.82, 2.24) is 5.32 Å². The molecule has 0 bridgehead atoms. The van der Waals surface area contributed by atoms with Crippen molar-refractivity contribution >= 4 is 33.0 Å². The Morgan fingerprint density at radius 2 is 2.24 bits per heavy atom. The van der Waals surface area contributed by atoms with Crippen molar-refractivity contribution in [3.05, 3.63) is 29.6 Å². The first-order valence-electron chi connectivity index (χ1n) is 5.63. The third-order valence-electron chi connectivity index (χ3n) is 2.72. The Hall–Kier alpha value is -1.39. The van der Waals surface area contributed by atoms with Crippen LogP contribution in [-0.2, 0) is 4.79 Å². The maximum Gasteiger partial charge on any atom is 0.225 e. The largest absolute Gasteiger partial charge is 0.326 e. The van der Waals surface area contributed by atoms with E-state index in [0.29, 0.717) is 6.42 Å². The summed E-state index contributed by atoms with van der Waals surface area (Å²) < 4.78 is 1.24. The average molecular weight is 248 g/mol. The van der Waals surface area contributed by atoms with Gasteiger partial charge in [-0.15, -0.1) is 11.3 Å². The highest BCUT2D eigenvalue weighted by atomic mass is 32.1. The molecule has 4 heteroatoms. The lowest BCUT2D eigenvalue weighted by molar-refractivity contribution is -0.116. The number of thiophene rings is 1. The zero-order chi connectivity index (χ0) is 12.3. The van der Waals surface area contributed by atoms with Gasteiger partial charge in [0.2, 0.25) is 5.91 Å². The van der Waals surface area contributed by atoms with E-state index in [1.165, 1.54) is 10.1 Å². The van der Waals surface area contributed by atoms with Crippen LogP contribution in [0.15, 0.2) is 29.6 Å². The molecule has 2 rings (SSSR count). The van der Waals surface area contributed by atoms with Gasteiger partial charge in [0.25, 0.3) is 0 Å². The van der Waals surface area contributed by atoms with Crippen LogP contribution in [-0.4, -0.2) is 19.0 Å². The molecular formula is C13H16N2OS. The van der Waals surface area contributed by atoms with E-state index in [9.17, 15) is 4.79 Å². The Kier molecular flexibility index (Phi) is 3.76. The second kappa shape index (κ2) is 5.29. The summed E-state index contributed by atoms with van der Waals surface area (Å²) in [5, 5.41) is 9.19. The third kappa shape index (κ3) is 3.05. The van der Waals surface area contributed by atoms with Crippen LogP contribution in [0.5, 0.6) is 0 Å². The van der Waals surface area contributed by atoms with E-state index >= 15 is 0 Å². The molecule has 2 N–H and O–H groups in total. The fraction of sp³-hybridized carbons (Fsp3) is 0.308. The van der Waals surface area contributed by atoms with Gasteiger partial charge in [0.05, 0.1) is 0 Å². The first kappa shape index (κ1) is 12.1. The highest BCUT2D eigenvalue weighted by Gasteiger charge is 2.07. The van der Waals surface area contributed by atoms with E-state index in [1.54, 1.807) is 11.3 Å². The maximum atomic E-state index is 11.7. The zero-order valence-corrected chi connectivity index (χ0v) is 10.8. The first-order chi connectivity index (χ1) is 8.19. The molecule has 1 atom stereocenters. The van der Waals surface area contributed by atoms with Crippen LogP contribution in [0.25, 0.3) is 10.1 Å². The van der Waals surface area contributed by atoms with Crippen molar-refractivity contribution in [1.29, 1.82) is 0 Å². The van der Waals surface area contributed by atoms with E-state index in [-0.39, 0.29) is 11.9 Å².